The highest BCUT2D eigenvalue weighted by molar-refractivity contribution is 7.11. The van der Waals surface area contributed by atoms with Crippen molar-refractivity contribution in [3.05, 3.63) is 129 Å². The molecule has 0 fully saturated rings. The highest BCUT2D eigenvalue weighted by Crippen LogP contribution is 2.25. The summed E-state index contributed by atoms with van der Waals surface area (Å²) in [6, 6.07) is 33.0. The number of hydrogen-bond acceptors (Lipinski definition) is 6. The van der Waals surface area contributed by atoms with Gasteiger partial charge in [0.05, 0.1) is 25.4 Å². The molecule has 0 bridgehead atoms. The standard InChI is InChI=1S/C35H39NO4S/c1-39-35(38)31-18-15-29(16-19-31)25-36(23-9-4-10-24-37)26-34(30-13-7-3-8-14-30)40-27-33-22-21-32(41-33)20-17-28-11-5-2-6-12-28/h2-3,5-8,11-16,18-19,21-22,24,34H,4,9-10,17,20,23,25-27H2,1H3. The molecule has 5 nitrogen and oxygen atoms in total. The van der Waals surface area contributed by atoms with Crippen molar-refractivity contribution in [3.8, 4) is 0 Å². The van der Waals surface area contributed by atoms with Gasteiger partial charge >= 0.3 is 5.97 Å². The Morgan fingerprint density at radius 3 is 2.24 bits per heavy atom. The number of benzene rings is 3. The predicted molar refractivity (Wildman–Crippen MR) is 165 cm³/mol. The number of aldehydes is 1. The molecule has 0 radical (unpaired) electrons. The van der Waals surface area contributed by atoms with Crippen LogP contribution in [0.5, 0.6) is 0 Å². The number of unbranched alkanes of at least 4 members (excludes halogenated alkanes) is 2. The van der Waals surface area contributed by atoms with Crippen molar-refractivity contribution in [1.82, 2.24) is 4.90 Å². The van der Waals surface area contributed by atoms with Gasteiger partial charge in [0.1, 0.15) is 6.29 Å². The van der Waals surface area contributed by atoms with Gasteiger partial charge in [-0.3, -0.25) is 4.90 Å². The lowest BCUT2D eigenvalue weighted by molar-refractivity contribution is -0.107. The molecule has 1 aromatic heterocycles. The summed E-state index contributed by atoms with van der Waals surface area (Å²) in [5.41, 5.74) is 4.16. The quantitative estimate of drug-likeness (QED) is 0.0751. The number of carbonyl (C=O) groups is 2. The Labute approximate surface area is 247 Å². The smallest absolute Gasteiger partial charge is 0.337 e. The zero-order chi connectivity index (χ0) is 28.7. The first-order valence-corrected chi connectivity index (χ1v) is 15.1. The molecule has 0 saturated heterocycles. The van der Waals surface area contributed by atoms with E-state index in [2.05, 4.69) is 71.6 Å². The van der Waals surface area contributed by atoms with Crippen molar-refractivity contribution < 1.29 is 19.1 Å². The molecule has 1 unspecified atom stereocenters. The van der Waals surface area contributed by atoms with E-state index in [9.17, 15) is 9.59 Å². The van der Waals surface area contributed by atoms with Gasteiger partial charge in [0.15, 0.2) is 0 Å². The van der Waals surface area contributed by atoms with E-state index >= 15 is 0 Å². The van der Waals surface area contributed by atoms with Gasteiger partial charge in [-0.25, -0.2) is 4.79 Å². The van der Waals surface area contributed by atoms with E-state index in [1.165, 1.54) is 22.4 Å². The summed E-state index contributed by atoms with van der Waals surface area (Å²) in [7, 11) is 1.39. The molecule has 0 spiro atoms. The third-order valence-electron chi connectivity index (χ3n) is 7.07. The minimum Gasteiger partial charge on any atom is -0.465 e. The molecular formula is C35H39NO4S. The minimum absolute atomic E-state index is 0.105. The van der Waals surface area contributed by atoms with Crippen LogP contribution in [0.3, 0.4) is 0 Å². The third-order valence-corrected chi connectivity index (χ3v) is 8.19. The van der Waals surface area contributed by atoms with Crippen molar-refractivity contribution in [3.63, 3.8) is 0 Å². The first-order chi connectivity index (χ1) is 20.1. The van der Waals surface area contributed by atoms with E-state index in [1.54, 1.807) is 0 Å². The number of thiophene rings is 1. The molecule has 0 N–H and O–H groups in total. The fraction of sp³-hybridized carbons (Fsp3) is 0.314. The molecule has 41 heavy (non-hydrogen) atoms. The molecule has 6 heteroatoms. The highest BCUT2D eigenvalue weighted by atomic mass is 32.1. The summed E-state index contributed by atoms with van der Waals surface area (Å²) in [4.78, 5) is 27.7. The molecule has 214 valence electrons. The second-order valence-electron chi connectivity index (χ2n) is 10.2. The number of nitrogens with zero attached hydrogens (tertiary/aromatic N) is 1. The van der Waals surface area contributed by atoms with E-state index in [4.69, 9.17) is 9.47 Å². The Kier molecular flexibility index (Phi) is 12.3. The Balaban J connectivity index is 1.42. The maximum atomic E-state index is 11.9. The first-order valence-electron chi connectivity index (χ1n) is 14.3. The van der Waals surface area contributed by atoms with Crippen LogP contribution in [0.15, 0.2) is 97.1 Å². The Morgan fingerprint density at radius 1 is 0.829 bits per heavy atom. The van der Waals surface area contributed by atoms with Gasteiger partial charge in [0.2, 0.25) is 0 Å². The number of aryl methyl sites for hydroxylation is 2. The van der Waals surface area contributed by atoms with Crippen molar-refractivity contribution in [2.45, 2.75) is 51.4 Å². The van der Waals surface area contributed by atoms with Crippen LogP contribution in [0, 0.1) is 0 Å². The van der Waals surface area contributed by atoms with Crippen LogP contribution >= 0.6 is 11.3 Å². The number of carbonyl (C=O) groups excluding carboxylic acids is 2. The molecule has 3 aromatic carbocycles. The average molecular weight is 570 g/mol. The van der Waals surface area contributed by atoms with Gasteiger partial charge in [-0.15, -0.1) is 11.3 Å². The molecule has 1 atom stereocenters. The second-order valence-corrected chi connectivity index (χ2v) is 11.4. The average Bonchev–Trinajstić information content (AvgIpc) is 3.49. The monoisotopic (exact) mass is 569 g/mol. The second kappa shape index (κ2) is 16.6. The summed E-state index contributed by atoms with van der Waals surface area (Å²) in [6.07, 6.45) is 5.31. The molecule has 0 aliphatic rings. The first kappa shape index (κ1) is 30.4. The highest BCUT2D eigenvalue weighted by Gasteiger charge is 2.18. The van der Waals surface area contributed by atoms with Crippen LogP contribution in [-0.2, 0) is 40.3 Å². The largest absolute Gasteiger partial charge is 0.465 e. The molecule has 0 amide bonds. The number of methoxy groups -OCH3 is 1. The SMILES string of the molecule is COC(=O)c1ccc(CN(CCCCC=O)CC(OCc2ccc(CCc3ccccc3)s2)c2ccccc2)cc1. The lowest BCUT2D eigenvalue weighted by atomic mass is 10.1. The van der Waals surface area contributed by atoms with Crippen molar-refractivity contribution >= 4 is 23.6 Å². The molecule has 0 aliphatic carbocycles. The molecule has 4 rings (SSSR count). The molecule has 4 aromatic rings. The summed E-state index contributed by atoms with van der Waals surface area (Å²) in [5.74, 6) is -0.336. The van der Waals surface area contributed by atoms with Gasteiger partial charge in [-0.2, -0.15) is 0 Å². The van der Waals surface area contributed by atoms with Gasteiger partial charge in [0, 0.05) is 29.3 Å². The maximum absolute atomic E-state index is 11.9. The number of ether oxygens (including phenoxy) is 2. The molecular weight excluding hydrogens is 530 g/mol. The third kappa shape index (κ3) is 10.1. The summed E-state index contributed by atoms with van der Waals surface area (Å²) < 4.78 is 11.4. The van der Waals surface area contributed by atoms with Crippen LogP contribution in [0.1, 0.15) is 62.2 Å². The zero-order valence-corrected chi connectivity index (χ0v) is 24.6. The Bertz CT molecular complexity index is 1320. The predicted octanol–water partition coefficient (Wildman–Crippen LogP) is 7.45. The fourth-order valence-corrected chi connectivity index (χ4v) is 5.75. The van der Waals surface area contributed by atoms with Gasteiger partial charge in [0.25, 0.3) is 0 Å². The normalized spacial score (nSPS) is 11.9. The van der Waals surface area contributed by atoms with Gasteiger partial charge < -0.3 is 14.3 Å². The number of hydrogen-bond donors (Lipinski definition) is 0. The van der Waals surface area contributed by atoms with Crippen LogP contribution in [-0.4, -0.2) is 37.4 Å². The van der Waals surface area contributed by atoms with Gasteiger partial charge in [-0.05, 0) is 73.2 Å². The topological polar surface area (TPSA) is 55.8 Å². The van der Waals surface area contributed by atoms with Crippen LogP contribution in [0.2, 0.25) is 0 Å². The summed E-state index contributed by atoms with van der Waals surface area (Å²) in [5, 5.41) is 0. The number of esters is 1. The van der Waals surface area contributed by atoms with Crippen LogP contribution in [0.25, 0.3) is 0 Å². The van der Waals surface area contributed by atoms with E-state index in [1.807, 2.05) is 41.7 Å². The zero-order valence-electron chi connectivity index (χ0n) is 23.7. The van der Waals surface area contributed by atoms with E-state index in [0.29, 0.717) is 18.6 Å². The molecule has 1 heterocycles. The maximum Gasteiger partial charge on any atom is 0.337 e. The van der Waals surface area contributed by atoms with Crippen molar-refractivity contribution in [1.29, 1.82) is 0 Å². The van der Waals surface area contributed by atoms with Crippen molar-refractivity contribution in [2.75, 3.05) is 20.2 Å². The Morgan fingerprint density at radius 2 is 1.54 bits per heavy atom. The van der Waals surface area contributed by atoms with Crippen LogP contribution < -0.4 is 0 Å². The van der Waals surface area contributed by atoms with Gasteiger partial charge in [-0.1, -0.05) is 72.8 Å². The lowest BCUT2D eigenvalue weighted by Crippen LogP contribution is -2.30. The van der Waals surface area contributed by atoms with E-state index in [-0.39, 0.29) is 12.1 Å². The minimum atomic E-state index is -0.336. The Hall–Kier alpha value is -3.58. The van der Waals surface area contributed by atoms with E-state index in [0.717, 1.165) is 62.7 Å². The van der Waals surface area contributed by atoms with Crippen molar-refractivity contribution in [2.24, 2.45) is 0 Å². The molecule has 0 saturated carbocycles. The summed E-state index contributed by atoms with van der Waals surface area (Å²) >= 11 is 1.83. The number of rotatable bonds is 17. The summed E-state index contributed by atoms with van der Waals surface area (Å²) in [6.45, 7) is 2.85. The molecule has 0 aliphatic heterocycles. The lowest BCUT2D eigenvalue weighted by Gasteiger charge is -2.28. The van der Waals surface area contributed by atoms with E-state index < -0.39 is 0 Å². The fourth-order valence-electron chi connectivity index (χ4n) is 4.81. The van der Waals surface area contributed by atoms with Crippen LogP contribution in [0.4, 0.5) is 0 Å².